The van der Waals surface area contributed by atoms with Crippen LogP contribution in [0.5, 0.6) is 5.75 Å². The summed E-state index contributed by atoms with van der Waals surface area (Å²) in [5.74, 6) is -0.442. The zero-order valence-corrected chi connectivity index (χ0v) is 11.6. The molecule has 6 nitrogen and oxygen atoms in total. The molecule has 0 bridgehead atoms. The second-order valence-corrected chi connectivity index (χ2v) is 4.48. The number of hydrogen-bond donors (Lipinski definition) is 4. The van der Waals surface area contributed by atoms with Crippen molar-refractivity contribution in [1.29, 1.82) is 0 Å². The second kappa shape index (κ2) is 7.84. The number of hydrogen-bond acceptors (Lipinski definition) is 5. The van der Waals surface area contributed by atoms with Crippen LogP contribution >= 0.6 is 0 Å². The summed E-state index contributed by atoms with van der Waals surface area (Å²) in [6.07, 6.45) is -1.90. The monoisotopic (exact) mass is 283 g/mol. The van der Waals surface area contributed by atoms with Gasteiger partial charge in [0, 0.05) is 6.54 Å². The van der Waals surface area contributed by atoms with Crippen molar-refractivity contribution >= 4 is 5.97 Å². The van der Waals surface area contributed by atoms with Crippen LogP contribution < -0.4 is 10.1 Å². The summed E-state index contributed by atoms with van der Waals surface area (Å²) in [6.45, 7) is 3.87. The largest absolute Gasteiger partial charge is 0.494 e. The van der Waals surface area contributed by atoms with Gasteiger partial charge in [0.15, 0.2) is 0 Å². The van der Waals surface area contributed by atoms with E-state index in [4.69, 9.17) is 9.84 Å². The topological polar surface area (TPSA) is 99.0 Å². The van der Waals surface area contributed by atoms with Gasteiger partial charge in [-0.2, -0.15) is 0 Å². The molecule has 0 aliphatic heterocycles. The van der Waals surface area contributed by atoms with Crippen molar-refractivity contribution in [1.82, 2.24) is 5.32 Å². The van der Waals surface area contributed by atoms with Crippen molar-refractivity contribution in [3.8, 4) is 5.75 Å². The van der Waals surface area contributed by atoms with Crippen LogP contribution in [0.3, 0.4) is 0 Å². The Labute approximate surface area is 118 Å². The van der Waals surface area contributed by atoms with Gasteiger partial charge in [0.1, 0.15) is 11.8 Å². The first-order valence-electron chi connectivity index (χ1n) is 6.50. The Kier molecular flexibility index (Phi) is 6.44. The lowest BCUT2D eigenvalue weighted by atomic mass is 10.1. The fourth-order valence-electron chi connectivity index (χ4n) is 1.77. The van der Waals surface area contributed by atoms with Gasteiger partial charge in [0.25, 0.3) is 0 Å². The molecule has 4 N–H and O–H groups in total. The fourth-order valence-corrected chi connectivity index (χ4v) is 1.77. The SMILES string of the molecule is CCOc1ccc(C(O)CNC(C(=O)O)C(C)O)cc1. The molecular formula is C14H21NO5. The quantitative estimate of drug-likeness (QED) is 0.556. The van der Waals surface area contributed by atoms with E-state index in [1.54, 1.807) is 24.3 Å². The number of rotatable bonds is 8. The molecule has 1 aromatic rings. The summed E-state index contributed by atoms with van der Waals surface area (Å²) >= 11 is 0. The highest BCUT2D eigenvalue weighted by Crippen LogP contribution is 2.17. The molecule has 0 heterocycles. The lowest BCUT2D eigenvalue weighted by Crippen LogP contribution is -2.46. The standard InChI is InChI=1S/C14H21NO5/c1-3-20-11-6-4-10(5-7-11)12(17)8-15-13(9(2)16)14(18)19/h4-7,9,12-13,15-17H,3,8H2,1-2H3,(H,18,19). The smallest absolute Gasteiger partial charge is 0.323 e. The molecule has 0 aliphatic carbocycles. The highest BCUT2D eigenvalue weighted by molar-refractivity contribution is 5.74. The van der Waals surface area contributed by atoms with E-state index in [0.717, 1.165) is 0 Å². The van der Waals surface area contributed by atoms with Crippen LogP contribution in [0.2, 0.25) is 0 Å². The maximum atomic E-state index is 10.9. The first kappa shape index (κ1) is 16.4. The van der Waals surface area contributed by atoms with Crippen molar-refractivity contribution in [2.45, 2.75) is 32.1 Å². The van der Waals surface area contributed by atoms with Crippen LogP contribution in [-0.2, 0) is 4.79 Å². The molecule has 0 fully saturated rings. The van der Waals surface area contributed by atoms with Gasteiger partial charge in [-0.15, -0.1) is 0 Å². The van der Waals surface area contributed by atoms with Crippen LogP contribution in [0.25, 0.3) is 0 Å². The predicted molar refractivity (Wildman–Crippen MR) is 73.7 cm³/mol. The lowest BCUT2D eigenvalue weighted by Gasteiger charge is -2.19. The van der Waals surface area contributed by atoms with Gasteiger partial charge in [0.05, 0.1) is 18.8 Å². The maximum Gasteiger partial charge on any atom is 0.323 e. The number of carboxylic acids is 1. The van der Waals surface area contributed by atoms with Crippen molar-refractivity contribution in [3.05, 3.63) is 29.8 Å². The van der Waals surface area contributed by atoms with E-state index in [0.29, 0.717) is 17.9 Å². The van der Waals surface area contributed by atoms with Gasteiger partial charge >= 0.3 is 5.97 Å². The molecule has 3 unspecified atom stereocenters. The summed E-state index contributed by atoms with van der Waals surface area (Å²) in [5, 5.41) is 30.8. The number of nitrogens with one attached hydrogen (secondary N) is 1. The van der Waals surface area contributed by atoms with Crippen molar-refractivity contribution in [2.24, 2.45) is 0 Å². The number of carbonyl (C=O) groups is 1. The number of aliphatic carboxylic acids is 1. The Bertz CT molecular complexity index is 418. The molecular weight excluding hydrogens is 262 g/mol. The first-order chi connectivity index (χ1) is 9.45. The zero-order valence-electron chi connectivity index (χ0n) is 11.6. The van der Waals surface area contributed by atoms with Gasteiger partial charge in [-0.3, -0.25) is 10.1 Å². The zero-order chi connectivity index (χ0) is 15.1. The van der Waals surface area contributed by atoms with Gasteiger partial charge in [-0.25, -0.2) is 0 Å². The van der Waals surface area contributed by atoms with E-state index in [1.165, 1.54) is 6.92 Å². The third-order valence-corrected chi connectivity index (χ3v) is 2.86. The summed E-state index contributed by atoms with van der Waals surface area (Å²) in [7, 11) is 0. The van der Waals surface area contributed by atoms with Crippen LogP contribution in [0.1, 0.15) is 25.5 Å². The third kappa shape index (κ3) is 4.80. The molecule has 1 aromatic carbocycles. The molecule has 112 valence electrons. The van der Waals surface area contributed by atoms with E-state index >= 15 is 0 Å². The Morgan fingerprint density at radius 2 is 1.90 bits per heavy atom. The van der Waals surface area contributed by atoms with Gasteiger partial charge in [0.2, 0.25) is 0 Å². The highest BCUT2D eigenvalue weighted by atomic mass is 16.5. The Hall–Kier alpha value is -1.63. The van der Waals surface area contributed by atoms with Crippen LogP contribution in [0.15, 0.2) is 24.3 Å². The number of benzene rings is 1. The molecule has 1 rings (SSSR count). The normalized spacial score (nSPS) is 15.4. The first-order valence-corrected chi connectivity index (χ1v) is 6.50. The molecule has 0 saturated heterocycles. The molecule has 20 heavy (non-hydrogen) atoms. The Balaban J connectivity index is 2.57. The van der Waals surface area contributed by atoms with Crippen molar-refractivity contribution in [3.63, 3.8) is 0 Å². The fraction of sp³-hybridized carbons (Fsp3) is 0.500. The van der Waals surface area contributed by atoms with E-state index in [2.05, 4.69) is 5.32 Å². The minimum Gasteiger partial charge on any atom is -0.494 e. The molecule has 3 atom stereocenters. The van der Waals surface area contributed by atoms with E-state index in [-0.39, 0.29) is 6.54 Å². The van der Waals surface area contributed by atoms with Crippen molar-refractivity contribution < 1.29 is 24.9 Å². The van der Waals surface area contributed by atoms with Crippen LogP contribution in [-0.4, -0.2) is 46.6 Å². The van der Waals surface area contributed by atoms with Gasteiger partial charge < -0.3 is 20.1 Å². The number of ether oxygens (including phenoxy) is 1. The van der Waals surface area contributed by atoms with Crippen LogP contribution in [0, 0.1) is 0 Å². The van der Waals surface area contributed by atoms with Gasteiger partial charge in [-0.05, 0) is 31.5 Å². The molecule has 0 spiro atoms. The Morgan fingerprint density at radius 3 is 2.35 bits per heavy atom. The van der Waals surface area contributed by atoms with E-state index < -0.39 is 24.2 Å². The summed E-state index contributed by atoms with van der Waals surface area (Å²) in [4.78, 5) is 10.9. The highest BCUT2D eigenvalue weighted by Gasteiger charge is 2.23. The Morgan fingerprint density at radius 1 is 1.30 bits per heavy atom. The lowest BCUT2D eigenvalue weighted by molar-refractivity contribution is -0.142. The number of aliphatic hydroxyl groups excluding tert-OH is 2. The van der Waals surface area contributed by atoms with Crippen LogP contribution in [0.4, 0.5) is 0 Å². The molecule has 0 radical (unpaired) electrons. The minimum absolute atomic E-state index is 0.0375. The van der Waals surface area contributed by atoms with Gasteiger partial charge in [-0.1, -0.05) is 12.1 Å². The molecule has 6 heteroatoms. The molecule has 0 saturated carbocycles. The third-order valence-electron chi connectivity index (χ3n) is 2.86. The maximum absolute atomic E-state index is 10.9. The van der Waals surface area contributed by atoms with E-state index in [1.807, 2.05) is 6.92 Å². The second-order valence-electron chi connectivity index (χ2n) is 4.48. The van der Waals surface area contributed by atoms with E-state index in [9.17, 15) is 15.0 Å². The molecule has 0 aliphatic rings. The van der Waals surface area contributed by atoms with Crippen molar-refractivity contribution in [2.75, 3.05) is 13.2 Å². The summed E-state index contributed by atoms with van der Waals surface area (Å²) < 4.78 is 5.29. The minimum atomic E-state index is -1.15. The predicted octanol–water partition coefficient (Wildman–Crippen LogP) is 0.542. The summed E-state index contributed by atoms with van der Waals surface area (Å²) in [6, 6.07) is 5.81. The molecule has 0 aromatic heterocycles. The average Bonchev–Trinajstić information content (AvgIpc) is 2.39. The molecule has 0 amide bonds. The summed E-state index contributed by atoms with van der Waals surface area (Å²) in [5.41, 5.74) is 0.649. The number of aliphatic hydroxyl groups is 2. The number of carboxylic acid groups (broad SMARTS) is 1. The average molecular weight is 283 g/mol.